The van der Waals surface area contributed by atoms with Crippen molar-refractivity contribution < 1.29 is 0 Å². The van der Waals surface area contributed by atoms with Crippen molar-refractivity contribution in [3.05, 3.63) is 182 Å². The van der Waals surface area contributed by atoms with Gasteiger partial charge in [0.25, 0.3) is 0 Å². The van der Waals surface area contributed by atoms with E-state index in [1.165, 1.54) is 79.0 Å². The first-order valence-electron chi connectivity index (χ1n) is 19.0. The third-order valence-electron chi connectivity index (χ3n) is 11.1. The lowest BCUT2D eigenvalue weighted by Crippen LogP contribution is -2.00. The normalized spacial score (nSPS) is 11.9. The second kappa shape index (κ2) is 12.8. The maximum absolute atomic E-state index is 5.06. The molecule has 266 valence electrons. The van der Waals surface area contributed by atoms with Crippen molar-refractivity contribution in [3.8, 4) is 51.0 Å². The third-order valence-corrected chi connectivity index (χ3v) is 13.4. The van der Waals surface area contributed by atoms with Crippen molar-refractivity contribution in [2.75, 3.05) is 0 Å². The highest BCUT2D eigenvalue weighted by atomic mass is 32.1. The number of hydrogen-bond donors (Lipinski definition) is 0. The van der Waals surface area contributed by atoms with Gasteiger partial charge in [0.1, 0.15) is 0 Å². The van der Waals surface area contributed by atoms with Gasteiger partial charge in [-0.05, 0) is 65.7 Å². The number of thiophene rings is 2. The van der Waals surface area contributed by atoms with Crippen LogP contribution in [0, 0.1) is 0 Å². The van der Waals surface area contributed by atoms with Crippen molar-refractivity contribution in [1.29, 1.82) is 0 Å². The number of rotatable bonds is 5. The molecule has 8 aromatic carbocycles. The maximum Gasteiger partial charge on any atom is 0.165 e. The molecule has 0 aliphatic carbocycles. The van der Waals surface area contributed by atoms with Crippen LogP contribution in [-0.2, 0) is 0 Å². The fraction of sp³-hybridized carbons (Fsp3) is 0. The fourth-order valence-electron chi connectivity index (χ4n) is 8.37. The van der Waals surface area contributed by atoms with Gasteiger partial charge in [0.2, 0.25) is 0 Å². The van der Waals surface area contributed by atoms with Gasteiger partial charge in [-0.15, -0.1) is 22.7 Å². The lowest BCUT2D eigenvalue weighted by molar-refractivity contribution is 1.08. The molecule has 0 unspecified atom stereocenters. The summed E-state index contributed by atoms with van der Waals surface area (Å²) in [6.45, 7) is 0. The van der Waals surface area contributed by atoms with Gasteiger partial charge in [-0.25, -0.2) is 15.0 Å². The summed E-state index contributed by atoms with van der Waals surface area (Å²) in [6.07, 6.45) is 0. The van der Waals surface area contributed by atoms with E-state index < -0.39 is 0 Å². The molecule has 0 spiro atoms. The molecule has 4 aromatic heterocycles. The zero-order valence-electron chi connectivity index (χ0n) is 30.4. The van der Waals surface area contributed by atoms with Gasteiger partial charge >= 0.3 is 0 Å². The lowest BCUT2D eigenvalue weighted by atomic mass is 10.00. The maximum atomic E-state index is 5.06. The Bertz CT molecular complexity index is 3410. The van der Waals surface area contributed by atoms with Crippen LogP contribution in [-0.4, -0.2) is 19.5 Å². The van der Waals surface area contributed by atoms with Crippen molar-refractivity contribution in [3.63, 3.8) is 0 Å². The van der Waals surface area contributed by atoms with Crippen LogP contribution in [0.1, 0.15) is 0 Å². The number of nitrogens with zero attached hydrogens (tertiary/aromatic N) is 4. The van der Waals surface area contributed by atoms with Crippen LogP contribution in [0.4, 0.5) is 0 Å². The summed E-state index contributed by atoms with van der Waals surface area (Å²) in [7, 11) is 0. The summed E-state index contributed by atoms with van der Waals surface area (Å²) in [5.74, 6) is 2.01. The predicted octanol–water partition coefficient (Wildman–Crippen LogP) is 14.4. The van der Waals surface area contributed by atoms with Gasteiger partial charge in [-0.3, -0.25) is 0 Å². The van der Waals surface area contributed by atoms with E-state index in [1.54, 1.807) is 11.3 Å². The van der Waals surface area contributed by atoms with Crippen molar-refractivity contribution in [1.82, 2.24) is 19.5 Å². The Kier molecular flexibility index (Phi) is 7.24. The summed E-state index contributed by atoms with van der Waals surface area (Å²) < 4.78 is 7.39. The van der Waals surface area contributed by atoms with Gasteiger partial charge in [-0.1, -0.05) is 127 Å². The van der Waals surface area contributed by atoms with Gasteiger partial charge in [-0.2, -0.15) is 0 Å². The van der Waals surface area contributed by atoms with Crippen LogP contribution in [0.25, 0.3) is 113 Å². The van der Waals surface area contributed by atoms with Crippen LogP contribution in [0.3, 0.4) is 0 Å². The smallest absolute Gasteiger partial charge is 0.165 e. The van der Waals surface area contributed by atoms with E-state index in [9.17, 15) is 0 Å². The predicted molar refractivity (Wildman–Crippen MR) is 242 cm³/mol. The van der Waals surface area contributed by atoms with Crippen LogP contribution in [0.15, 0.2) is 182 Å². The Morgan fingerprint density at radius 3 is 1.53 bits per heavy atom. The summed E-state index contributed by atoms with van der Waals surface area (Å²) in [6, 6.07) is 65.0. The zero-order chi connectivity index (χ0) is 37.5. The first-order chi connectivity index (χ1) is 28.2. The van der Waals surface area contributed by atoms with Gasteiger partial charge < -0.3 is 4.57 Å². The molecule has 0 aliphatic heterocycles. The lowest BCUT2D eigenvalue weighted by Gasteiger charge is -2.09. The molecule has 57 heavy (non-hydrogen) atoms. The Balaban J connectivity index is 0.958. The van der Waals surface area contributed by atoms with Crippen molar-refractivity contribution >= 4 is 84.8 Å². The van der Waals surface area contributed by atoms with Crippen LogP contribution in [0.2, 0.25) is 0 Å². The van der Waals surface area contributed by atoms with E-state index in [1.807, 2.05) is 47.7 Å². The average Bonchev–Trinajstić information content (AvgIpc) is 3.95. The molecule has 0 N–H and O–H groups in total. The van der Waals surface area contributed by atoms with Crippen LogP contribution < -0.4 is 0 Å². The molecule has 4 nitrogen and oxygen atoms in total. The van der Waals surface area contributed by atoms with E-state index in [4.69, 9.17) is 15.0 Å². The number of fused-ring (bicyclic) bond motifs is 9. The minimum atomic E-state index is 0.666. The molecular formula is C51H30N4S2. The summed E-state index contributed by atoms with van der Waals surface area (Å²) >= 11 is 3.66. The molecule has 12 rings (SSSR count). The molecule has 0 saturated heterocycles. The van der Waals surface area contributed by atoms with E-state index >= 15 is 0 Å². The molecule has 0 bridgehead atoms. The third kappa shape index (κ3) is 5.22. The Hall–Kier alpha value is -6.99. The zero-order valence-corrected chi connectivity index (χ0v) is 32.1. The Labute approximate surface area is 335 Å². The fourth-order valence-corrected chi connectivity index (χ4v) is 10.7. The molecule has 0 aliphatic rings. The van der Waals surface area contributed by atoms with E-state index in [2.05, 4.69) is 150 Å². The number of hydrogen-bond acceptors (Lipinski definition) is 5. The Morgan fingerprint density at radius 2 is 0.877 bits per heavy atom. The minimum absolute atomic E-state index is 0.666. The Morgan fingerprint density at radius 1 is 0.333 bits per heavy atom. The monoisotopic (exact) mass is 762 g/mol. The van der Waals surface area contributed by atoms with Crippen molar-refractivity contribution in [2.45, 2.75) is 0 Å². The summed E-state index contributed by atoms with van der Waals surface area (Å²) in [4.78, 5) is 15.1. The summed E-state index contributed by atoms with van der Waals surface area (Å²) in [5, 5.41) is 7.58. The molecule has 0 amide bonds. The molecule has 0 saturated carbocycles. The highest BCUT2D eigenvalue weighted by molar-refractivity contribution is 7.26. The average molecular weight is 763 g/mol. The molecule has 12 aromatic rings. The molecule has 4 heterocycles. The van der Waals surface area contributed by atoms with Gasteiger partial charge in [0.05, 0.1) is 11.0 Å². The number of aromatic nitrogens is 4. The van der Waals surface area contributed by atoms with Crippen LogP contribution >= 0.6 is 22.7 Å². The highest BCUT2D eigenvalue weighted by Crippen LogP contribution is 2.43. The number of para-hydroxylation sites is 2. The largest absolute Gasteiger partial charge is 0.309 e. The van der Waals surface area contributed by atoms with E-state index in [-0.39, 0.29) is 0 Å². The molecule has 0 fully saturated rings. The van der Waals surface area contributed by atoms with Gasteiger partial charge in [0.15, 0.2) is 17.5 Å². The van der Waals surface area contributed by atoms with E-state index in [0.717, 1.165) is 16.7 Å². The van der Waals surface area contributed by atoms with Crippen molar-refractivity contribution in [2.24, 2.45) is 0 Å². The minimum Gasteiger partial charge on any atom is -0.309 e. The second-order valence-electron chi connectivity index (χ2n) is 14.4. The van der Waals surface area contributed by atoms with Gasteiger partial charge in [0, 0.05) is 73.5 Å². The molecular weight excluding hydrogens is 733 g/mol. The standard InChI is InChI=1S/C51H30N4S2/c1-3-12-31(13-4-1)49-52-50(32-14-5-2-6-15-32)54-51(53-49)40-19-11-18-39-42-29-34(23-27-46(42)57-48(39)40)33-22-26-45-41(28-33)38-25-24-35(30-47(38)56-45)55-43-20-9-7-16-36(43)37-17-8-10-21-44(37)55/h1-30H. The van der Waals surface area contributed by atoms with E-state index in [0.29, 0.717) is 17.5 Å². The first kappa shape index (κ1) is 32.3. The number of benzene rings is 8. The quantitative estimate of drug-likeness (QED) is 0.175. The second-order valence-corrected chi connectivity index (χ2v) is 16.5. The summed E-state index contributed by atoms with van der Waals surface area (Å²) in [5.41, 5.74) is 9.00. The highest BCUT2D eigenvalue weighted by Gasteiger charge is 2.18. The molecule has 0 radical (unpaired) electrons. The molecule has 6 heteroatoms. The SMILES string of the molecule is c1ccc(-c2nc(-c3ccccc3)nc(-c3cccc4c3sc3ccc(-c5ccc6sc7cc(-n8c9ccccc9c9ccccc98)ccc7c6c5)cc34)n2)cc1. The topological polar surface area (TPSA) is 43.6 Å². The molecule has 0 atom stereocenters. The van der Waals surface area contributed by atoms with Crippen LogP contribution in [0.5, 0.6) is 0 Å². The first-order valence-corrected chi connectivity index (χ1v) is 20.6.